The number of hydrogen-bond acceptors (Lipinski definition) is 4. The lowest BCUT2D eigenvalue weighted by molar-refractivity contribution is 0.475. The Labute approximate surface area is 182 Å². The zero-order valence-electron chi connectivity index (χ0n) is 17.9. The average Bonchev–Trinajstić information content (AvgIpc) is 3.26. The van der Waals surface area contributed by atoms with Gasteiger partial charge in [0.25, 0.3) is 0 Å². The van der Waals surface area contributed by atoms with Crippen LogP contribution >= 0.6 is 0 Å². The Morgan fingerprint density at radius 3 is 2.45 bits per heavy atom. The summed E-state index contributed by atoms with van der Waals surface area (Å²) in [4.78, 5) is 8.55. The number of allylic oxidation sites excluding steroid dienone is 2. The Morgan fingerprint density at radius 1 is 1.06 bits per heavy atom. The van der Waals surface area contributed by atoms with Crippen LogP contribution in [-0.2, 0) is 6.42 Å². The van der Waals surface area contributed by atoms with E-state index >= 15 is 0 Å². The third kappa shape index (κ3) is 5.57. The van der Waals surface area contributed by atoms with Gasteiger partial charge in [-0.1, -0.05) is 31.7 Å². The van der Waals surface area contributed by atoms with Gasteiger partial charge in [-0.25, -0.2) is 9.37 Å². The van der Waals surface area contributed by atoms with Gasteiger partial charge in [-0.2, -0.15) is 0 Å². The molecule has 1 aromatic heterocycles. The molecule has 0 aliphatic heterocycles. The summed E-state index contributed by atoms with van der Waals surface area (Å²) in [5.74, 6) is 0.00607. The van der Waals surface area contributed by atoms with Crippen molar-refractivity contribution in [2.75, 3.05) is 0 Å². The van der Waals surface area contributed by atoms with E-state index in [9.17, 15) is 9.50 Å². The Kier molecular flexibility index (Phi) is 7.19. The first-order chi connectivity index (χ1) is 14.9. The van der Waals surface area contributed by atoms with Crippen LogP contribution in [0.1, 0.15) is 54.3 Å². The number of benzene rings is 2. The Hall–Kier alpha value is -3.47. The van der Waals surface area contributed by atoms with E-state index in [2.05, 4.69) is 23.5 Å². The minimum Gasteiger partial charge on any atom is -0.508 e. The lowest BCUT2D eigenvalue weighted by Crippen LogP contribution is -1.97. The second kappa shape index (κ2) is 10.0. The lowest BCUT2D eigenvalue weighted by atomic mass is 9.96. The fourth-order valence-corrected chi connectivity index (χ4v) is 3.63. The van der Waals surface area contributed by atoms with Crippen LogP contribution < -0.4 is 0 Å². The number of rotatable bonds is 4. The average molecular weight is 419 g/mol. The Bertz CT molecular complexity index is 1100. The molecule has 0 saturated carbocycles. The molecule has 0 unspecified atom stereocenters. The predicted molar refractivity (Wildman–Crippen MR) is 123 cm³/mol. The molecule has 2 N–H and O–H groups in total. The van der Waals surface area contributed by atoms with Gasteiger partial charge in [-0.05, 0) is 84.7 Å². The maximum Gasteiger partial charge on any atom is 0.135 e. The van der Waals surface area contributed by atoms with E-state index in [0.29, 0.717) is 11.4 Å². The van der Waals surface area contributed by atoms with E-state index in [0.717, 1.165) is 53.7 Å². The van der Waals surface area contributed by atoms with Crippen molar-refractivity contribution in [1.82, 2.24) is 9.97 Å². The molecular formula is C26H27FN2O2. The normalized spacial score (nSPS) is 13.0. The van der Waals surface area contributed by atoms with Gasteiger partial charge in [0.1, 0.15) is 23.0 Å². The van der Waals surface area contributed by atoms with E-state index in [4.69, 9.17) is 5.11 Å². The van der Waals surface area contributed by atoms with Crippen LogP contribution in [0.3, 0.4) is 0 Å². The molecule has 0 bridgehead atoms. The van der Waals surface area contributed by atoms with Crippen molar-refractivity contribution in [2.24, 2.45) is 0 Å². The van der Waals surface area contributed by atoms with Gasteiger partial charge < -0.3 is 10.2 Å². The van der Waals surface area contributed by atoms with Crippen LogP contribution in [0.15, 0.2) is 61.4 Å². The fourth-order valence-electron chi connectivity index (χ4n) is 3.63. The smallest absolute Gasteiger partial charge is 0.135 e. The van der Waals surface area contributed by atoms with Crippen molar-refractivity contribution in [3.05, 3.63) is 95.3 Å². The molecule has 0 amide bonds. The minimum atomic E-state index is -0.233. The summed E-state index contributed by atoms with van der Waals surface area (Å²) < 4.78 is 13.6. The molecular weight excluding hydrogens is 391 g/mol. The molecule has 1 aliphatic rings. The van der Waals surface area contributed by atoms with Crippen LogP contribution in [0.2, 0.25) is 0 Å². The van der Waals surface area contributed by atoms with E-state index < -0.39 is 0 Å². The maximum absolute atomic E-state index is 13.6. The standard InChI is InChI=1S/C18H17FN2O.C8H10O/c1-11-6-7-13(19)8-16(11)14-4-3-5-15(14)18-10-20-9-17(21-18)12(2)22;1-2-7-3-5-8(9)6-4-7/h6-10,22H,2-5H2,1H3;3-6,9H,2H2,1H3. The van der Waals surface area contributed by atoms with Gasteiger partial charge in [0.2, 0.25) is 0 Å². The van der Waals surface area contributed by atoms with Gasteiger partial charge in [0, 0.05) is 0 Å². The lowest BCUT2D eigenvalue weighted by Gasteiger charge is -2.11. The predicted octanol–water partition coefficient (Wildman–Crippen LogP) is 6.50. The summed E-state index contributed by atoms with van der Waals surface area (Å²) in [6.07, 6.45) is 6.97. The number of phenolic OH excluding ortho intramolecular Hbond substituents is 1. The number of phenols is 1. The molecule has 5 heteroatoms. The van der Waals surface area contributed by atoms with Crippen molar-refractivity contribution in [1.29, 1.82) is 0 Å². The number of hydrogen-bond donors (Lipinski definition) is 2. The van der Waals surface area contributed by atoms with E-state index in [1.807, 2.05) is 19.1 Å². The zero-order chi connectivity index (χ0) is 22.4. The molecule has 0 atom stereocenters. The molecule has 1 aliphatic carbocycles. The molecule has 0 radical (unpaired) electrons. The summed E-state index contributed by atoms with van der Waals surface area (Å²) in [6.45, 7) is 7.55. The molecule has 4 nitrogen and oxygen atoms in total. The number of nitrogens with zero attached hydrogens (tertiary/aromatic N) is 2. The van der Waals surface area contributed by atoms with Crippen LogP contribution in [0.4, 0.5) is 4.39 Å². The molecule has 4 rings (SSSR count). The summed E-state index contributed by atoms with van der Waals surface area (Å²) in [5.41, 5.74) is 6.52. The number of aromatic nitrogens is 2. The number of aliphatic hydroxyl groups excluding tert-OH is 1. The maximum atomic E-state index is 13.6. The monoisotopic (exact) mass is 418 g/mol. The van der Waals surface area contributed by atoms with Crippen molar-refractivity contribution in [3.63, 3.8) is 0 Å². The molecule has 3 aromatic rings. The minimum absolute atomic E-state index is 0.101. The molecule has 0 saturated heterocycles. The number of aromatic hydroxyl groups is 1. The highest BCUT2D eigenvalue weighted by atomic mass is 19.1. The van der Waals surface area contributed by atoms with Gasteiger partial charge in [0.05, 0.1) is 18.1 Å². The van der Waals surface area contributed by atoms with Crippen molar-refractivity contribution in [3.8, 4) is 5.75 Å². The zero-order valence-corrected chi connectivity index (χ0v) is 17.9. The SMILES string of the molecule is C=C(O)c1cncc(C2=C(c3cc(F)ccc3C)CCC2)n1.CCc1ccc(O)cc1. The first-order valence-corrected chi connectivity index (χ1v) is 10.4. The van der Waals surface area contributed by atoms with E-state index in [-0.39, 0.29) is 11.6 Å². The van der Waals surface area contributed by atoms with Crippen LogP contribution in [0, 0.1) is 12.7 Å². The quantitative estimate of drug-likeness (QED) is 0.475. The fraction of sp³-hybridized carbons (Fsp3) is 0.231. The highest BCUT2D eigenvalue weighted by Gasteiger charge is 2.21. The molecule has 31 heavy (non-hydrogen) atoms. The summed E-state index contributed by atoms with van der Waals surface area (Å²) in [5, 5.41) is 18.3. The number of aliphatic hydroxyl groups is 1. The van der Waals surface area contributed by atoms with Gasteiger partial charge in [-0.15, -0.1) is 0 Å². The highest BCUT2D eigenvalue weighted by molar-refractivity contribution is 5.92. The number of halogens is 1. The van der Waals surface area contributed by atoms with Crippen molar-refractivity contribution in [2.45, 2.75) is 39.5 Å². The third-order valence-electron chi connectivity index (χ3n) is 5.33. The van der Waals surface area contributed by atoms with Gasteiger partial charge in [0.15, 0.2) is 0 Å². The largest absolute Gasteiger partial charge is 0.508 e. The molecule has 1 heterocycles. The highest BCUT2D eigenvalue weighted by Crippen LogP contribution is 2.40. The van der Waals surface area contributed by atoms with Crippen LogP contribution in [0.25, 0.3) is 16.9 Å². The van der Waals surface area contributed by atoms with Gasteiger partial charge >= 0.3 is 0 Å². The first kappa shape index (κ1) is 22.2. The summed E-state index contributed by atoms with van der Waals surface area (Å²) >= 11 is 0. The first-order valence-electron chi connectivity index (χ1n) is 10.4. The molecule has 2 aromatic carbocycles. The Morgan fingerprint density at radius 2 is 1.77 bits per heavy atom. The summed E-state index contributed by atoms with van der Waals surface area (Å²) in [7, 11) is 0. The van der Waals surface area contributed by atoms with Crippen molar-refractivity contribution < 1.29 is 14.6 Å². The third-order valence-corrected chi connectivity index (χ3v) is 5.33. The Balaban J connectivity index is 0.000000254. The molecule has 0 spiro atoms. The topological polar surface area (TPSA) is 66.2 Å². The van der Waals surface area contributed by atoms with E-state index in [1.54, 1.807) is 30.5 Å². The summed E-state index contributed by atoms with van der Waals surface area (Å²) in [6, 6.07) is 12.1. The molecule has 0 fully saturated rings. The molecule has 160 valence electrons. The van der Waals surface area contributed by atoms with Gasteiger partial charge in [-0.3, -0.25) is 4.98 Å². The number of aryl methyl sites for hydroxylation is 2. The van der Waals surface area contributed by atoms with E-state index in [1.165, 1.54) is 17.8 Å². The van der Waals surface area contributed by atoms with Crippen molar-refractivity contribution >= 4 is 16.9 Å². The van der Waals surface area contributed by atoms with Crippen LogP contribution in [0.5, 0.6) is 5.75 Å². The van der Waals surface area contributed by atoms with Crippen LogP contribution in [-0.4, -0.2) is 20.2 Å². The second-order valence-corrected chi connectivity index (χ2v) is 7.53. The second-order valence-electron chi connectivity index (χ2n) is 7.53.